The summed E-state index contributed by atoms with van der Waals surface area (Å²) < 4.78 is 47.5. The van der Waals surface area contributed by atoms with Gasteiger partial charge in [0.15, 0.2) is 0 Å². The summed E-state index contributed by atoms with van der Waals surface area (Å²) in [5.41, 5.74) is 5.83. The maximum absolute atomic E-state index is 13.3. The van der Waals surface area contributed by atoms with Crippen molar-refractivity contribution in [2.45, 2.75) is 63.7 Å². The first-order valence-electron chi connectivity index (χ1n) is 11.4. The highest BCUT2D eigenvalue weighted by molar-refractivity contribution is 5.62. The quantitative estimate of drug-likeness (QED) is 0.745. The van der Waals surface area contributed by atoms with Crippen molar-refractivity contribution in [1.82, 2.24) is 19.4 Å². The average molecular weight is 450 g/mol. The van der Waals surface area contributed by atoms with Crippen LogP contribution >= 0.6 is 0 Å². The summed E-state index contributed by atoms with van der Waals surface area (Å²) in [6.45, 7) is 7.86. The molecule has 0 bridgehead atoms. The molecule has 32 heavy (non-hydrogen) atoms. The first-order chi connectivity index (χ1) is 15.2. The molecule has 1 aliphatic heterocycles. The largest absolute Gasteiger partial charge is 0.419 e. The van der Waals surface area contributed by atoms with Crippen LogP contribution in [0.3, 0.4) is 0 Å². The first-order valence-corrected chi connectivity index (χ1v) is 11.4. The number of halogens is 3. The van der Waals surface area contributed by atoms with E-state index in [0.29, 0.717) is 28.8 Å². The summed E-state index contributed by atoms with van der Waals surface area (Å²) in [5, 5.41) is 0. The van der Waals surface area contributed by atoms with Crippen LogP contribution in [-0.2, 0) is 10.9 Å². The molecule has 3 heterocycles. The molecule has 2 aromatic rings. The molecular weight excluding hydrogens is 419 g/mol. The minimum absolute atomic E-state index is 0.173. The van der Waals surface area contributed by atoms with Gasteiger partial charge in [-0.1, -0.05) is 13.8 Å². The van der Waals surface area contributed by atoms with Crippen molar-refractivity contribution in [2.24, 2.45) is 5.41 Å². The molecule has 174 valence electrons. The number of aromatic nitrogens is 3. The molecule has 0 unspecified atom stereocenters. The predicted octanol–water partition coefficient (Wildman–Crippen LogP) is 4.49. The summed E-state index contributed by atoms with van der Waals surface area (Å²) in [4.78, 5) is 11.0. The van der Waals surface area contributed by atoms with Crippen molar-refractivity contribution in [3.05, 3.63) is 29.8 Å². The van der Waals surface area contributed by atoms with Crippen LogP contribution in [0.4, 0.5) is 19.0 Å². The third-order valence-corrected chi connectivity index (χ3v) is 7.43. The summed E-state index contributed by atoms with van der Waals surface area (Å²) in [6, 6.07) is 2.08. The number of hydrogen-bond acceptors (Lipinski definition) is 5. The third-order valence-electron chi connectivity index (χ3n) is 7.43. The Balaban J connectivity index is 1.32. The van der Waals surface area contributed by atoms with E-state index < -0.39 is 17.6 Å². The number of nitrogens with zero attached hydrogens (tertiary/aromatic N) is 4. The molecule has 0 radical (unpaired) electrons. The van der Waals surface area contributed by atoms with E-state index in [1.807, 2.05) is 6.20 Å². The number of rotatable bonds is 4. The van der Waals surface area contributed by atoms with E-state index in [2.05, 4.69) is 28.3 Å². The fourth-order valence-corrected chi connectivity index (χ4v) is 5.72. The van der Waals surface area contributed by atoms with Gasteiger partial charge in [-0.15, -0.1) is 0 Å². The van der Waals surface area contributed by atoms with Gasteiger partial charge >= 0.3 is 6.18 Å². The molecule has 3 fully saturated rings. The van der Waals surface area contributed by atoms with Gasteiger partial charge in [-0.05, 0) is 37.2 Å². The molecular formula is C23H30F3N5O. The van der Waals surface area contributed by atoms with E-state index in [0.717, 1.165) is 51.0 Å². The summed E-state index contributed by atoms with van der Waals surface area (Å²) in [7, 11) is 0. The molecule has 2 aromatic heterocycles. The Hall–Kier alpha value is -2.13. The second-order valence-electron chi connectivity index (χ2n) is 9.97. The lowest BCUT2D eigenvalue weighted by atomic mass is 9.51. The Labute approximate surface area is 186 Å². The van der Waals surface area contributed by atoms with Crippen molar-refractivity contribution in [3.63, 3.8) is 0 Å². The van der Waals surface area contributed by atoms with Crippen molar-refractivity contribution in [3.8, 4) is 11.3 Å². The van der Waals surface area contributed by atoms with Gasteiger partial charge in [-0.3, -0.25) is 4.90 Å². The van der Waals surface area contributed by atoms with Crippen LogP contribution in [0.1, 0.15) is 62.9 Å². The lowest BCUT2D eigenvalue weighted by Crippen LogP contribution is -2.58. The van der Waals surface area contributed by atoms with E-state index in [1.165, 1.54) is 19.0 Å². The average Bonchev–Trinajstić information content (AvgIpc) is 3.11. The molecule has 5 rings (SSSR count). The van der Waals surface area contributed by atoms with Crippen LogP contribution in [0, 0.1) is 5.41 Å². The predicted molar refractivity (Wildman–Crippen MR) is 115 cm³/mol. The van der Waals surface area contributed by atoms with Crippen molar-refractivity contribution in [2.75, 3.05) is 32.0 Å². The van der Waals surface area contributed by atoms with Gasteiger partial charge in [-0.25, -0.2) is 9.97 Å². The number of morpholine rings is 1. The zero-order valence-electron chi connectivity index (χ0n) is 18.5. The minimum atomic E-state index is -4.54. The van der Waals surface area contributed by atoms with Crippen molar-refractivity contribution >= 4 is 5.82 Å². The van der Waals surface area contributed by atoms with Gasteiger partial charge in [0.2, 0.25) is 0 Å². The summed E-state index contributed by atoms with van der Waals surface area (Å²) in [5.74, 6) is 0.575. The van der Waals surface area contributed by atoms with Gasteiger partial charge < -0.3 is 15.0 Å². The van der Waals surface area contributed by atoms with Gasteiger partial charge in [0.25, 0.3) is 0 Å². The highest BCUT2D eigenvalue weighted by Gasteiger charge is 2.55. The molecule has 2 aliphatic carbocycles. The number of anilines is 1. The monoisotopic (exact) mass is 449 g/mol. The van der Waals surface area contributed by atoms with E-state index in [-0.39, 0.29) is 5.92 Å². The second kappa shape index (κ2) is 7.73. The van der Waals surface area contributed by atoms with Crippen LogP contribution in [0.25, 0.3) is 11.3 Å². The fraction of sp³-hybridized carbons (Fsp3) is 0.652. The van der Waals surface area contributed by atoms with Gasteiger partial charge in [0, 0.05) is 49.0 Å². The topological polar surface area (TPSA) is 69.2 Å². The molecule has 9 heteroatoms. The molecule has 1 saturated heterocycles. The van der Waals surface area contributed by atoms with Crippen LogP contribution in [0.2, 0.25) is 0 Å². The number of imidazole rings is 1. The molecule has 0 amide bonds. The first kappa shape index (κ1) is 21.7. The molecule has 0 aromatic carbocycles. The Morgan fingerprint density at radius 3 is 2.41 bits per heavy atom. The SMILES string of the molecule is CC(C)c1nc(-c2cnc(N)c(C(F)(F)F)c2)cn1C1CC2(CC(N3CCOCC3)C2)C1. The van der Waals surface area contributed by atoms with E-state index >= 15 is 0 Å². The number of ether oxygens (including phenoxy) is 1. The lowest BCUT2D eigenvalue weighted by molar-refractivity contribution is -0.137. The zero-order valence-corrected chi connectivity index (χ0v) is 18.5. The molecule has 3 aliphatic rings. The summed E-state index contributed by atoms with van der Waals surface area (Å²) >= 11 is 0. The third kappa shape index (κ3) is 3.79. The maximum Gasteiger partial charge on any atom is 0.419 e. The smallest absolute Gasteiger partial charge is 0.383 e. The Bertz CT molecular complexity index is 982. The molecule has 6 nitrogen and oxygen atoms in total. The van der Waals surface area contributed by atoms with Crippen molar-refractivity contribution < 1.29 is 17.9 Å². The fourth-order valence-electron chi connectivity index (χ4n) is 5.72. The van der Waals surface area contributed by atoms with Crippen LogP contribution in [0.5, 0.6) is 0 Å². The highest BCUT2D eigenvalue weighted by Crippen LogP contribution is 2.62. The number of pyridine rings is 1. The Morgan fingerprint density at radius 2 is 1.78 bits per heavy atom. The van der Waals surface area contributed by atoms with Gasteiger partial charge in [-0.2, -0.15) is 13.2 Å². The molecule has 0 atom stereocenters. The minimum Gasteiger partial charge on any atom is -0.383 e. The molecule has 2 saturated carbocycles. The molecule has 1 spiro atoms. The second-order valence-corrected chi connectivity index (χ2v) is 9.97. The van der Waals surface area contributed by atoms with Crippen LogP contribution < -0.4 is 5.73 Å². The van der Waals surface area contributed by atoms with Gasteiger partial charge in [0.1, 0.15) is 11.6 Å². The standard InChI is InChI=1S/C23H30F3N5O/c1-14(2)21-29-19(15-7-18(23(24,25)26)20(27)28-12-15)13-31(21)17-10-22(11-17)8-16(9-22)30-3-5-32-6-4-30/h7,12-14,16-17H,3-6,8-11H2,1-2H3,(H2,27,28). The Morgan fingerprint density at radius 1 is 1.12 bits per heavy atom. The normalized spacial score (nSPS) is 28.7. The van der Waals surface area contributed by atoms with Crippen LogP contribution in [-0.4, -0.2) is 51.8 Å². The van der Waals surface area contributed by atoms with E-state index in [9.17, 15) is 13.2 Å². The van der Waals surface area contributed by atoms with Crippen molar-refractivity contribution in [1.29, 1.82) is 0 Å². The highest BCUT2D eigenvalue weighted by atomic mass is 19.4. The van der Waals surface area contributed by atoms with E-state index in [1.54, 1.807) is 0 Å². The number of hydrogen-bond donors (Lipinski definition) is 1. The molecule has 2 N–H and O–H groups in total. The van der Waals surface area contributed by atoms with Crippen LogP contribution in [0.15, 0.2) is 18.5 Å². The number of alkyl halides is 3. The zero-order chi connectivity index (χ0) is 22.7. The Kier molecular flexibility index (Phi) is 5.24. The summed E-state index contributed by atoms with van der Waals surface area (Å²) in [6.07, 6.45) is 3.42. The lowest BCUT2D eigenvalue weighted by Gasteiger charge is -2.60. The van der Waals surface area contributed by atoms with Gasteiger partial charge in [0.05, 0.1) is 24.5 Å². The number of nitrogen functional groups attached to an aromatic ring is 1. The van der Waals surface area contributed by atoms with E-state index in [4.69, 9.17) is 15.5 Å². The maximum atomic E-state index is 13.3. The number of nitrogens with two attached hydrogens (primary N) is 1.